The first kappa shape index (κ1) is 19.5. The average molecular weight is 344 g/mol. The smallest absolute Gasteiger partial charge is 0.315 e. The van der Waals surface area contributed by atoms with Crippen LogP contribution in [0, 0.1) is 17.3 Å². The molecule has 3 atom stereocenters. The Labute approximate surface area is 150 Å². The Hall–Kier alpha value is -1.83. The normalized spacial score (nSPS) is 21.8. The summed E-state index contributed by atoms with van der Waals surface area (Å²) in [5.41, 5.74) is -0.0606. The van der Waals surface area contributed by atoms with Crippen LogP contribution in [-0.4, -0.2) is 36.0 Å². The van der Waals surface area contributed by atoms with Gasteiger partial charge < -0.3 is 14.6 Å². The van der Waals surface area contributed by atoms with Crippen molar-refractivity contribution in [2.45, 2.75) is 64.8 Å². The number of hydrogen-bond donors (Lipinski definition) is 1. The number of rotatable bonds is 5. The van der Waals surface area contributed by atoms with Gasteiger partial charge in [-0.25, -0.2) is 0 Å². The predicted molar refractivity (Wildman–Crippen MR) is 96.9 cm³/mol. The lowest BCUT2D eigenvalue weighted by Crippen LogP contribution is -2.44. The molecule has 4 nitrogen and oxygen atoms in total. The van der Waals surface area contributed by atoms with E-state index in [0.717, 1.165) is 31.2 Å². The quantitative estimate of drug-likeness (QED) is 0.658. The number of hydrogen-bond acceptors (Lipinski definition) is 4. The minimum absolute atomic E-state index is 0.294. The number of aliphatic hydroxyl groups is 1. The predicted octanol–water partition coefficient (Wildman–Crippen LogP) is 3.32. The molecule has 1 aromatic carbocycles. The van der Waals surface area contributed by atoms with Crippen molar-refractivity contribution in [2.24, 2.45) is 5.41 Å². The summed E-state index contributed by atoms with van der Waals surface area (Å²) in [6.07, 6.45) is 2.07. The summed E-state index contributed by atoms with van der Waals surface area (Å²) in [7, 11) is 0. The Kier molecular flexibility index (Phi) is 7.04. The molecule has 0 saturated heterocycles. The molecule has 0 unspecified atom stereocenters. The Morgan fingerprint density at radius 3 is 2.60 bits per heavy atom. The maximum absolute atomic E-state index is 12.4. The van der Waals surface area contributed by atoms with Crippen LogP contribution in [0.3, 0.4) is 0 Å². The third kappa shape index (κ3) is 5.32. The number of carbonyl (C=O) groups is 1. The summed E-state index contributed by atoms with van der Waals surface area (Å²) < 4.78 is 11.3. The molecule has 0 heterocycles. The molecule has 0 aromatic heterocycles. The van der Waals surface area contributed by atoms with E-state index >= 15 is 0 Å². The van der Waals surface area contributed by atoms with Gasteiger partial charge in [-0.2, -0.15) is 0 Å². The second-order valence-corrected chi connectivity index (χ2v) is 6.98. The fourth-order valence-electron chi connectivity index (χ4n) is 2.89. The zero-order valence-corrected chi connectivity index (χ0v) is 15.3. The molecule has 1 fully saturated rings. The molecule has 0 bridgehead atoms. The molecule has 1 N–H and O–H groups in total. The van der Waals surface area contributed by atoms with E-state index in [1.807, 2.05) is 30.3 Å². The molecule has 1 saturated carbocycles. The van der Waals surface area contributed by atoms with Crippen molar-refractivity contribution in [3.05, 3.63) is 35.9 Å². The van der Waals surface area contributed by atoms with E-state index in [-0.39, 0.29) is 12.1 Å². The van der Waals surface area contributed by atoms with E-state index in [4.69, 9.17) is 9.47 Å². The van der Waals surface area contributed by atoms with E-state index in [1.165, 1.54) is 0 Å². The fraction of sp³-hybridized carbons (Fsp3) is 0.571. The topological polar surface area (TPSA) is 55.8 Å². The molecule has 2 rings (SSSR count). The maximum atomic E-state index is 12.4. The molecule has 0 amide bonds. The Morgan fingerprint density at radius 1 is 1.28 bits per heavy atom. The zero-order valence-electron chi connectivity index (χ0n) is 15.3. The van der Waals surface area contributed by atoms with Crippen LogP contribution in [0.1, 0.15) is 52.0 Å². The van der Waals surface area contributed by atoms with Crippen LogP contribution < -0.4 is 0 Å². The molecule has 0 aliphatic heterocycles. The second-order valence-electron chi connectivity index (χ2n) is 6.98. The van der Waals surface area contributed by atoms with Crippen molar-refractivity contribution in [2.75, 3.05) is 6.61 Å². The van der Waals surface area contributed by atoms with E-state index in [0.29, 0.717) is 6.61 Å². The van der Waals surface area contributed by atoms with E-state index in [1.54, 1.807) is 20.8 Å². The summed E-state index contributed by atoms with van der Waals surface area (Å²) in [5, 5.41) is 10.2. The molecule has 1 aliphatic carbocycles. The monoisotopic (exact) mass is 344 g/mol. The number of ether oxygens (including phenoxy) is 2. The van der Waals surface area contributed by atoms with Gasteiger partial charge in [0.2, 0.25) is 0 Å². The highest BCUT2D eigenvalue weighted by Crippen LogP contribution is 2.30. The minimum Gasteiger partial charge on any atom is -0.465 e. The van der Waals surface area contributed by atoms with Crippen LogP contribution in [0.25, 0.3) is 0 Å². The first-order chi connectivity index (χ1) is 11.9. The lowest BCUT2D eigenvalue weighted by atomic mass is 9.85. The summed E-state index contributed by atoms with van der Waals surface area (Å²) in [5.74, 6) is 5.85. The first-order valence-electron chi connectivity index (χ1n) is 9.02. The lowest BCUT2D eigenvalue weighted by Gasteiger charge is -2.35. The third-order valence-electron chi connectivity index (χ3n) is 4.56. The van der Waals surface area contributed by atoms with Gasteiger partial charge in [0.05, 0.1) is 24.2 Å². The molecular formula is C21H28O4. The molecule has 1 aliphatic rings. The van der Waals surface area contributed by atoms with Crippen molar-refractivity contribution in [1.29, 1.82) is 0 Å². The van der Waals surface area contributed by atoms with Crippen molar-refractivity contribution < 1.29 is 19.4 Å². The van der Waals surface area contributed by atoms with Crippen molar-refractivity contribution in [1.82, 2.24) is 0 Å². The summed E-state index contributed by atoms with van der Waals surface area (Å²) in [6, 6.07) is 9.59. The van der Waals surface area contributed by atoms with Gasteiger partial charge >= 0.3 is 5.97 Å². The van der Waals surface area contributed by atoms with E-state index in [9.17, 15) is 9.90 Å². The molecule has 0 radical (unpaired) electrons. The van der Waals surface area contributed by atoms with Crippen LogP contribution in [0.15, 0.2) is 30.3 Å². The lowest BCUT2D eigenvalue weighted by molar-refractivity contribution is -0.167. The second kappa shape index (κ2) is 9.03. The summed E-state index contributed by atoms with van der Waals surface area (Å²) >= 11 is 0. The molecule has 4 heteroatoms. The highest BCUT2D eigenvalue weighted by atomic mass is 16.5. The van der Waals surface area contributed by atoms with Crippen LogP contribution in [0.5, 0.6) is 0 Å². The van der Waals surface area contributed by atoms with Crippen molar-refractivity contribution in [3.8, 4) is 11.8 Å². The molecule has 1 aromatic rings. The van der Waals surface area contributed by atoms with Crippen molar-refractivity contribution >= 4 is 5.97 Å². The summed E-state index contributed by atoms with van der Waals surface area (Å²) in [6.45, 7) is 5.66. The van der Waals surface area contributed by atoms with Gasteiger partial charge in [-0.05, 0) is 45.7 Å². The summed E-state index contributed by atoms with van der Waals surface area (Å²) in [4.78, 5) is 12.4. The van der Waals surface area contributed by atoms with Crippen molar-refractivity contribution in [3.63, 3.8) is 0 Å². The van der Waals surface area contributed by atoms with Gasteiger partial charge in [0.15, 0.2) is 0 Å². The Balaban J connectivity index is 2.24. The SMILES string of the molecule is CCOC(=O)C(C)(C)[C@H](C#Cc1ccccc1)O[C@H]1CCCC[C@H]1O. The van der Waals surface area contributed by atoms with Gasteiger partial charge in [-0.3, -0.25) is 4.79 Å². The van der Waals surface area contributed by atoms with Gasteiger partial charge in [0, 0.05) is 5.56 Å². The largest absolute Gasteiger partial charge is 0.465 e. The molecule has 136 valence electrons. The van der Waals surface area contributed by atoms with Crippen LogP contribution in [0.4, 0.5) is 0 Å². The third-order valence-corrected chi connectivity index (χ3v) is 4.56. The maximum Gasteiger partial charge on any atom is 0.315 e. The minimum atomic E-state index is -0.922. The highest BCUT2D eigenvalue weighted by molar-refractivity contribution is 5.77. The first-order valence-corrected chi connectivity index (χ1v) is 9.02. The van der Waals surface area contributed by atoms with Crippen LogP contribution >= 0.6 is 0 Å². The van der Waals surface area contributed by atoms with Crippen LogP contribution in [0.2, 0.25) is 0 Å². The average Bonchev–Trinajstić information content (AvgIpc) is 2.61. The van der Waals surface area contributed by atoms with Gasteiger partial charge in [-0.15, -0.1) is 0 Å². The number of aliphatic hydroxyl groups excluding tert-OH is 1. The standard InChI is InChI=1S/C21H28O4/c1-4-24-20(23)21(2,3)19(15-14-16-10-6-5-7-11-16)25-18-13-9-8-12-17(18)22/h5-7,10-11,17-19,22H,4,8-9,12-13H2,1-3H3/t17-,18+,19+/m1/s1. The fourth-order valence-corrected chi connectivity index (χ4v) is 2.89. The molecule has 0 spiro atoms. The Morgan fingerprint density at radius 2 is 1.96 bits per heavy atom. The van der Waals surface area contributed by atoms with Crippen LogP contribution in [-0.2, 0) is 14.3 Å². The van der Waals surface area contributed by atoms with Gasteiger partial charge in [0.1, 0.15) is 6.10 Å². The van der Waals surface area contributed by atoms with Gasteiger partial charge in [-0.1, -0.05) is 42.9 Å². The number of benzene rings is 1. The number of esters is 1. The van der Waals surface area contributed by atoms with E-state index < -0.39 is 17.6 Å². The van der Waals surface area contributed by atoms with E-state index in [2.05, 4.69) is 11.8 Å². The number of carbonyl (C=O) groups excluding carboxylic acids is 1. The van der Waals surface area contributed by atoms with Gasteiger partial charge in [0.25, 0.3) is 0 Å². The highest BCUT2D eigenvalue weighted by Gasteiger charge is 2.41. The zero-order chi connectivity index (χ0) is 18.3. The molecule has 25 heavy (non-hydrogen) atoms. The Bertz CT molecular complexity index is 612. The molecular weight excluding hydrogens is 316 g/mol.